The molecule has 7 heteroatoms. The zero-order chi connectivity index (χ0) is 18.4. The molecule has 132 valence electrons. The predicted molar refractivity (Wildman–Crippen MR) is 95.8 cm³/mol. The number of amides is 1. The number of nitrogens with zero attached hydrogens (tertiary/aromatic N) is 2. The Morgan fingerprint density at radius 1 is 1.08 bits per heavy atom. The van der Waals surface area contributed by atoms with Gasteiger partial charge in [-0.25, -0.2) is 14.8 Å². The summed E-state index contributed by atoms with van der Waals surface area (Å²) in [4.78, 5) is 32.1. The highest BCUT2D eigenvalue weighted by Gasteiger charge is 2.13. The second kappa shape index (κ2) is 7.74. The first-order valence-corrected chi connectivity index (χ1v) is 7.97. The highest BCUT2D eigenvalue weighted by Crippen LogP contribution is 2.13. The molecule has 2 aromatic rings. The zero-order valence-electron chi connectivity index (χ0n) is 14.8. The molecule has 0 fully saturated rings. The van der Waals surface area contributed by atoms with Gasteiger partial charge in [0.25, 0.3) is 5.91 Å². The standard InChI is InChI=1S/C18H22N4O3/c1-5-25-17(24)12-6-8-13(9-7-12)21-16(23)14-10-20-15(11-19-14)22-18(2,3)4/h6-11H,5H2,1-4H3,(H,20,22)(H,21,23). The molecule has 2 rings (SSSR count). The van der Waals surface area contributed by atoms with Gasteiger partial charge in [0.15, 0.2) is 0 Å². The molecule has 0 saturated heterocycles. The summed E-state index contributed by atoms with van der Waals surface area (Å²) >= 11 is 0. The maximum atomic E-state index is 12.2. The third-order valence-electron chi connectivity index (χ3n) is 3.04. The van der Waals surface area contributed by atoms with Crippen molar-refractivity contribution in [2.45, 2.75) is 33.2 Å². The normalized spacial score (nSPS) is 10.9. The second-order valence-corrected chi connectivity index (χ2v) is 6.41. The van der Waals surface area contributed by atoms with Crippen LogP contribution in [0.4, 0.5) is 11.5 Å². The van der Waals surface area contributed by atoms with Crippen LogP contribution in [0, 0.1) is 0 Å². The van der Waals surface area contributed by atoms with Gasteiger partial charge in [-0.3, -0.25) is 4.79 Å². The van der Waals surface area contributed by atoms with Gasteiger partial charge in [-0.1, -0.05) is 0 Å². The van der Waals surface area contributed by atoms with Crippen LogP contribution in [0.3, 0.4) is 0 Å². The van der Waals surface area contributed by atoms with Gasteiger partial charge >= 0.3 is 5.97 Å². The summed E-state index contributed by atoms with van der Waals surface area (Å²) in [6.45, 7) is 8.09. The van der Waals surface area contributed by atoms with Gasteiger partial charge in [-0.15, -0.1) is 0 Å². The minimum absolute atomic E-state index is 0.140. The first-order chi connectivity index (χ1) is 11.8. The van der Waals surface area contributed by atoms with Crippen molar-refractivity contribution in [3.8, 4) is 0 Å². The van der Waals surface area contributed by atoms with Crippen molar-refractivity contribution in [3.05, 3.63) is 47.9 Å². The lowest BCUT2D eigenvalue weighted by atomic mass is 10.1. The van der Waals surface area contributed by atoms with Crippen LogP contribution < -0.4 is 10.6 Å². The van der Waals surface area contributed by atoms with Crippen LogP contribution in [-0.2, 0) is 4.74 Å². The van der Waals surface area contributed by atoms with E-state index in [2.05, 4.69) is 20.6 Å². The molecule has 1 heterocycles. The van der Waals surface area contributed by atoms with Crippen LogP contribution in [0.2, 0.25) is 0 Å². The van der Waals surface area contributed by atoms with Crippen LogP contribution in [0.25, 0.3) is 0 Å². The van der Waals surface area contributed by atoms with Crippen molar-refractivity contribution in [1.82, 2.24) is 9.97 Å². The van der Waals surface area contributed by atoms with E-state index in [0.29, 0.717) is 23.7 Å². The number of benzene rings is 1. The number of esters is 1. The molecule has 0 radical (unpaired) electrons. The predicted octanol–water partition coefficient (Wildman–Crippen LogP) is 3.12. The number of carbonyl (C=O) groups is 2. The van der Waals surface area contributed by atoms with E-state index in [1.165, 1.54) is 12.4 Å². The van der Waals surface area contributed by atoms with Crippen molar-refractivity contribution < 1.29 is 14.3 Å². The maximum Gasteiger partial charge on any atom is 0.338 e. The molecule has 0 unspecified atom stereocenters. The van der Waals surface area contributed by atoms with Gasteiger partial charge in [0.05, 0.1) is 24.6 Å². The van der Waals surface area contributed by atoms with E-state index in [4.69, 9.17) is 4.74 Å². The Hall–Kier alpha value is -2.96. The highest BCUT2D eigenvalue weighted by atomic mass is 16.5. The Morgan fingerprint density at radius 2 is 1.76 bits per heavy atom. The van der Waals surface area contributed by atoms with Crippen molar-refractivity contribution >= 4 is 23.4 Å². The van der Waals surface area contributed by atoms with Gasteiger partial charge in [-0.05, 0) is 52.0 Å². The van der Waals surface area contributed by atoms with E-state index in [0.717, 1.165) is 0 Å². The number of aromatic nitrogens is 2. The molecule has 1 amide bonds. The quantitative estimate of drug-likeness (QED) is 0.811. The number of hydrogen-bond donors (Lipinski definition) is 2. The Morgan fingerprint density at radius 3 is 2.28 bits per heavy atom. The van der Waals surface area contributed by atoms with E-state index in [-0.39, 0.29) is 17.1 Å². The summed E-state index contributed by atoms with van der Waals surface area (Å²) in [5.41, 5.74) is 1.04. The van der Waals surface area contributed by atoms with Crippen molar-refractivity contribution in [2.24, 2.45) is 0 Å². The fourth-order valence-corrected chi connectivity index (χ4v) is 1.99. The summed E-state index contributed by atoms with van der Waals surface area (Å²) in [6.07, 6.45) is 2.93. The van der Waals surface area contributed by atoms with E-state index >= 15 is 0 Å². The summed E-state index contributed by atoms with van der Waals surface area (Å²) in [5.74, 6) is -0.172. The summed E-state index contributed by atoms with van der Waals surface area (Å²) in [5, 5.41) is 5.89. The van der Waals surface area contributed by atoms with Crippen LogP contribution in [0.15, 0.2) is 36.7 Å². The fraction of sp³-hybridized carbons (Fsp3) is 0.333. The lowest BCUT2D eigenvalue weighted by molar-refractivity contribution is 0.0526. The number of ether oxygens (including phenoxy) is 1. The SMILES string of the molecule is CCOC(=O)c1ccc(NC(=O)c2cnc(NC(C)(C)C)cn2)cc1. The fourth-order valence-electron chi connectivity index (χ4n) is 1.99. The molecular formula is C18H22N4O3. The Bertz CT molecular complexity index is 734. The van der Waals surface area contributed by atoms with Gasteiger partial charge in [-0.2, -0.15) is 0 Å². The molecular weight excluding hydrogens is 320 g/mol. The molecule has 0 spiro atoms. The molecule has 0 bridgehead atoms. The Balaban J connectivity index is 2.00. The van der Waals surface area contributed by atoms with Crippen LogP contribution in [-0.4, -0.2) is 34.0 Å². The number of nitrogens with one attached hydrogen (secondary N) is 2. The molecule has 1 aromatic heterocycles. The van der Waals surface area contributed by atoms with Gasteiger partial charge in [0, 0.05) is 11.2 Å². The monoisotopic (exact) mass is 342 g/mol. The zero-order valence-corrected chi connectivity index (χ0v) is 14.8. The molecule has 0 aliphatic heterocycles. The number of carbonyl (C=O) groups excluding carboxylic acids is 2. The molecule has 0 atom stereocenters. The number of rotatable bonds is 5. The van der Waals surface area contributed by atoms with E-state index in [1.54, 1.807) is 31.2 Å². The third kappa shape index (κ3) is 5.56. The van der Waals surface area contributed by atoms with Gasteiger partial charge < -0.3 is 15.4 Å². The van der Waals surface area contributed by atoms with E-state index in [9.17, 15) is 9.59 Å². The van der Waals surface area contributed by atoms with Crippen LogP contribution in [0.1, 0.15) is 48.5 Å². The molecule has 1 aromatic carbocycles. The van der Waals surface area contributed by atoms with Gasteiger partial charge in [0.2, 0.25) is 0 Å². The first-order valence-electron chi connectivity index (χ1n) is 7.97. The Labute approximate surface area is 146 Å². The molecule has 0 aliphatic carbocycles. The lowest BCUT2D eigenvalue weighted by Crippen LogP contribution is -2.27. The summed E-state index contributed by atoms with van der Waals surface area (Å²) < 4.78 is 4.91. The van der Waals surface area contributed by atoms with Crippen molar-refractivity contribution in [2.75, 3.05) is 17.2 Å². The molecule has 0 saturated carbocycles. The van der Waals surface area contributed by atoms with E-state index in [1.807, 2.05) is 20.8 Å². The molecule has 7 nitrogen and oxygen atoms in total. The first kappa shape index (κ1) is 18.4. The smallest absolute Gasteiger partial charge is 0.338 e. The average molecular weight is 342 g/mol. The van der Waals surface area contributed by atoms with Crippen molar-refractivity contribution in [3.63, 3.8) is 0 Å². The number of anilines is 2. The topological polar surface area (TPSA) is 93.2 Å². The van der Waals surface area contributed by atoms with Crippen LogP contribution in [0.5, 0.6) is 0 Å². The minimum atomic E-state index is -0.395. The third-order valence-corrected chi connectivity index (χ3v) is 3.04. The molecule has 0 aliphatic rings. The minimum Gasteiger partial charge on any atom is -0.462 e. The Kier molecular flexibility index (Phi) is 5.69. The summed E-state index contributed by atoms with van der Waals surface area (Å²) in [7, 11) is 0. The number of hydrogen-bond acceptors (Lipinski definition) is 6. The average Bonchev–Trinajstić information content (AvgIpc) is 2.55. The molecule has 2 N–H and O–H groups in total. The van der Waals surface area contributed by atoms with Crippen molar-refractivity contribution in [1.29, 1.82) is 0 Å². The largest absolute Gasteiger partial charge is 0.462 e. The maximum absolute atomic E-state index is 12.2. The second-order valence-electron chi connectivity index (χ2n) is 6.41. The van der Waals surface area contributed by atoms with Crippen LogP contribution >= 0.6 is 0 Å². The highest BCUT2D eigenvalue weighted by molar-refractivity contribution is 6.03. The van der Waals surface area contributed by atoms with Gasteiger partial charge in [0.1, 0.15) is 11.5 Å². The van der Waals surface area contributed by atoms with E-state index < -0.39 is 5.97 Å². The molecule has 25 heavy (non-hydrogen) atoms. The lowest BCUT2D eigenvalue weighted by Gasteiger charge is -2.20. The summed E-state index contributed by atoms with van der Waals surface area (Å²) in [6, 6.07) is 6.45.